The first-order valence-electron chi connectivity index (χ1n) is 6.29. The van der Waals surface area contributed by atoms with Gasteiger partial charge in [0.05, 0.1) is 11.3 Å². The lowest BCUT2D eigenvalue weighted by Gasteiger charge is -2.34. The third-order valence-corrected chi connectivity index (χ3v) is 3.65. The number of nitrogens with two attached hydrogens (primary N) is 1. The van der Waals surface area contributed by atoms with Crippen LogP contribution in [0.1, 0.15) is 17.3 Å². The van der Waals surface area contributed by atoms with Crippen LogP contribution in [0.25, 0.3) is 0 Å². The zero-order valence-corrected chi connectivity index (χ0v) is 11.6. The minimum atomic E-state index is -0.650. The van der Waals surface area contributed by atoms with Crippen LogP contribution in [0.4, 0.5) is 10.1 Å². The van der Waals surface area contributed by atoms with Crippen molar-refractivity contribution < 1.29 is 9.18 Å². The molecule has 104 valence electrons. The number of anilines is 1. The minimum absolute atomic E-state index is 0.132. The molecule has 0 aromatic heterocycles. The Kier molecular flexibility index (Phi) is 4.27. The van der Waals surface area contributed by atoms with E-state index in [9.17, 15) is 9.18 Å². The highest BCUT2D eigenvalue weighted by Gasteiger charge is 2.24. The highest BCUT2D eigenvalue weighted by atomic mass is 35.5. The molecule has 1 fully saturated rings. The summed E-state index contributed by atoms with van der Waals surface area (Å²) in [5, 5.41) is 0.183. The summed E-state index contributed by atoms with van der Waals surface area (Å²) in [6.45, 7) is 5.95. The highest BCUT2D eigenvalue weighted by molar-refractivity contribution is 6.31. The summed E-state index contributed by atoms with van der Waals surface area (Å²) < 4.78 is 13.5. The molecule has 19 heavy (non-hydrogen) atoms. The maximum absolute atomic E-state index is 13.5. The van der Waals surface area contributed by atoms with E-state index in [1.807, 2.05) is 0 Å². The lowest BCUT2D eigenvalue weighted by atomic mass is 10.1. The number of rotatable bonds is 2. The third-order valence-electron chi connectivity index (χ3n) is 3.43. The second-order valence-corrected chi connectivity index (χ2v) is 5.01. The van der Waals surface area contributed by atoms with Gasteiger partial charge in [-0.2, -0.15) is 0 Å². The van der Waals surface area contributed by atoms with E-state index in [1.165, 1.54) is 6.07 Å². The van der Waals surface area contributed by atoms with Crippen molar-refractivity contribution in [2.45, 2.75) is 6.92 Å². The van der Waals surface area contributed by atoms with Crippen LogP contribution < -0.4 is 5.73 Å². The molecule has 0 aliphatic carbocycles. The van der Waals surface area contributed by atoms with Crippen molar-refractivity contribution in [2.75, 3.05) is 38.5 Å². The van der Waals surface area contributed by atoms with Crippen molar-refractivity contribution in [3.8, 4) is 0 Å². The van der Waals surface area contributed by atoms with Crippen LogP contribution in [-0.4, -0.2) is 48.4 Å². The molecule has 0 radical (unpaired) electrons. The fourth-order valence-electron chi connectivity index (χ4n) is 2.20. The molecule has 1 aliphatic heterocycles. The van der Waals surface area contributed by atoms with Gasteiger partial charge in [0.2, 0.25) is 0 Å². The van der Waals surface area contributed by atoms with Gasteiger partial charge in [0, 0.05) is 31.2 Å². The molecule has 1 saturated heterocycles. The molecular weight excluding hydrogens is 269 g/mol. The number of benzene rings is 1. The Morgan fingerprint density at radius 2 is 2.00 bits per heavy atom. The van der Waals surface area contributed by atoms with Gasteiger partial charge < -0.3 is 15.5 Å². The normalized spacial score (nSPS) is 16.7. The van der Waals surface area contributed by atoms with Crippen molar-refractivity contribution in [3.05, 3.63) is 28.5 Å². The Bertz CT molecular complexity index is 487. The lowest BCUT2D eigenvalue weighted by Crippen LogP contribution is -2.48. The summed E-state index contributed by atoms with van der Waals surface area (Å²) >= 11 is 5.78. The average Bonchev–Trinajstić information content (AvgIpc) is 2.42. The van der Waals surface area contributed by atoms with Crippen LogP contribution in [0.5, 0.6) is 0 Å². The van der Waals surface area contributed by atoms with E-state index < -0.39 is 5.82 Å². The molecule has 0 saturated carbocycles. The zero-order chi connectivity index (χ0) is 14.0. The second-order valence-electron chi connectivity index (χ2n) is 4.58. The molecule has 1 amide bonds. The van der Waals surface area contributed by atoms with E-state index in [-0.39, 0.29) is 22.2 Å². The molecule has 2 rings (SSSR count). The van der Waals surface area contributed by atoms with E-state index in [0.29, 0.717) is 13.1 Å². The van der Waals surface area contributed by atoms with Gasteiger partial charge >= 0.3 is 0 Å². The summed E-state index contributed by atoms with van der Waals surface area (Å²) in [4.78, 5) is 16.3. The van der Waals surface area contributed by atoms with Gasteiger partial charge in [-0.25, -0.2) is 4.39 Å². The number of carbonyl (C=O) groups excluding carboxylic acids is 1. The van der Waals surface area contributed by atoms with Gasteiger partial charge in [0.25, 0.3) is 5.91 Å². The first-order chi connectivity index (χ1) is 9.02. The Morgan fingerprint density at radius 3 is 2.58 bits per heavy atom. The monoisotopic (exact) mass is 285 g/mol. The Hall–Kier alpha value is -1.33. The molecule has 0 spiro atoms. The number of carbonyl (C=O) groups is 1. The van der Waals surface area contributed by atoms with Crippen LogP contribution in [0, 0.1) is 5.82 Å². The topological polar surface area (TPSA) is 49.6 Å². The average molecular weight is 286 g/mol. The summed E-state index contributed by atoms with van der Waals surface area (Å²) in [6.07, 6.45) is 0. The molecule has 6 heteroatoms. The molecule has 2 N–H and O–H groups in total. The lowest BCUT2D eigenvalue weighted by molar-refractivity contribution is 0.0644. The van der Waals surface area contributed by atoms with E-state index in [2.05, 4.69) is 11.8 Å². The van der Waals surface area contributed by atoms with Crippen LogP contribution in [-0.2, 0) is 0 Å². The number of hydrogen-bond donors (Lipinski definition) is 1. The molecule has 0 unspecified atom stereocenters. The summed E-state index contributed by atoms with van der Waals surface area (Å²) in [5.41, 5.74) is 5.64. The SMILES string of the molecule is CCN1CCN(C(=O)c2cc(Cl)cc(F)c2N)CC1. The zero-order valence-electron chi connectivity index (χ0n) is 10.8. The van der Waals surface area contributed by atoms with Crippen LogP contribution in [0.15, 0.2) is 12.1 Å². The maximum Gasteiger partial charge on any atom is 0.256 e. The van der Waals surface area contributed by atoms with Crippen LogP contribution >= 0.6 is 11.6 Å². The van der Waals surface area contributed by atoms with Gasteiger partial charge in [0.15, 0.2) is 0 Å². The smallest absolute Gasteiger partial charge is 0.256 e. The molecule has 1 aliphatic rings. The second kappa shape index (κ2) is 5.75. The predicted molar refractivity (Wildman–Crippen MR) is 73.8 cm³/mol. The Balaban J connectivity index is 2.17. The number of likely N-dealkylation sites (N-methyl/N-ethyl adjacent to an activating group) is 1. The van der Waals surface area contributed by atoms with Gasteiger partial charge in [-0.15, -0.1) is 0 Å². The highest BCUT2D eigenvalue weighted by Crippen LogP contribution is 2.23. The van der Waals surface area contributed by atoms with Gasteiger partial charge in [-0.05, 0) is 18.7 Å². The first-order valence-corrected chi connectivity index (χ1v) is 6.67. The van der Waals surface area contributed by atoms with Crippen molar-refractivity contribution in [1.82, 2.24) is 9.80 Å². The molecular formula is C13H17ClFN3O. The quantitative estimate of drug-likeness (QED) is 0.844. The summed E-state index contributed by atoms with van der Waals surface area (Å²) in [5.74, 6) is -0.905. The standard InChI is InChI=1S/C13H17ClFN3O/c1-2-17-3-5-18(6-4-17)13(19)10-7-9(14)8-11(15)12(10)16/h7-8H,2-6,16H2,1H3. The van der Waals surface area contributed by atoms with Crippen molar-refractivity contribution in [2.24, 2.45) is 0 Å². The van der Waals surface area contributed by atoms with Crippen molar-refractivity contribution in [3.63, 3.8) is 0 Å². The predicted octanol–water partition coefficient (Wildman–Crippen LogP) is 1.84. The minimum Gasteiger partial charge on any atom is -0.396 e. The molecule has 0 bridgehead atoms. The molecule has 1 heterocycles. The van der Waals surface area contributed by atoms with Gasteiger partial charge in [-0.1, -0.05) is 18.5 Å². The van der Waals surface area contributed by atoms with Crippen molar-refractivity contribution >= 4 is 23.2 Å². The van der Waals surface area contributed by atoms with Crippen LogP contribution in [0.2, 0.25) is 5.02 Å². The fraction of sp³-hybridized carbons (Fsp3) is 0.462. The number of nitrogen functional groups attached to an aromatic ring is 1. The third kappa shape index (κ3) is 2.98. The maximum atomic E-state index is 13.5. The number of halogens is 2. The van der Waals surface area contributed by atoms with E-state index in [0.717, 1.165) is 25.7 Å². The molecule has 1 aromatic rings. The summed E-state index contributed by atoms with van der Waals surface area (Å²) in [7, 11) is 0. The fourth-order valence-corrected chi connectivity index (χ4v) is 2.40. The molecule has 1 aromatic carbocycles. The number of hydrogen-bond acceptors (Lipinski definition) is 3. The van der Waals surface area contributed by atoms with Gasteiger partial charge in [0.1, 0.15) is 5.82 Å². The van der Waals surface area contributed by atoms with E-state index in [1.54, 1.807) is 4.90 Å². The molecule has 4 nitrogen and oxygen atoms in total. The number of piperazine rings is 1. The summed E-state index contributed by atoms with van der Waals surface area (Å²) in [6, 6.07) is 2.54. The van der Waals surface area contributed by atoms with Gasteiger partial charge in [-0.3, -0.25) is 4.79 Å². The van der Waals surface area contributed by atoms with Crippen LogP contribution in [0.3, 0.4) is 0 Å². The van der Waals surface area contributed by atoms with Crippen molar-refractivity contribution in [1.29, 1.82) is 0 Å². The first kappa shape index (κ1) is 14.1. The largest absolute Gasteiger partial charge is 0.396 e. The number of amides is 1. The number of nitrogens with zero attached hydrogens (tertiary/aromatic N) is 2. The van der Waals surface area contributed by atoms with E-state index >= 15 is 0 Å². The Labute approximate surface area is 116 Å². The van der Waals surface area contributed by atoms with E-state index in [4.69, 9.17) is 17.3 Å². The molecule has 0 atom stereocenters. The Morgan fingerprint density at radius 1 is 1.37 bits per heavy atom.